The van der Waals surface area contributed by atoms with Crippen LogP contribution < -0.4 is 10.1 Å². The second-order valence-corrected chi connectivity index (χ2v) is 7.28. The monoisotopic (exact) mass is 416 g/mol. The fourth-order valence-electron chi connectivity index (χ4n) is 3.60. The Bertz CT molecular complexity index is 1400. The maximum atomic E-state index is 13.3. The number of ether oxygens (including phenoxy) is 1. The molecule has 0 aliphatic rings. The third kappa shape index (κ3) is 3.07. The van der Waals surface area contributed by atoms with E-state index in [0.717, 1.165) is 27.7 Å². The molecular formula is C23H17ClN4O2. The van der Waals surface area contributed by atoms with Crippen LogP contribution in [0.4, 0.5) is 11.4 Å². The molecule has 0 saturated heterocycles. The summed E-state index contributed by atoms with van der Waals surface area (Å²) in [6, 6.07) is 14.9. The minimum Gasteiger partial charge on any atom is -0.495 e. The number of nitrogens with one attached hydrogen (secondary N) is 3. The van der Waals surface area contributed by atoms with Gasteiger partial charge in [-0.25, -0.2) is 4.98 Å². The zero-order chi connectivity index (χ0) is 20.7. The summed E-state index contributed by atoms with van der Waals surface area (Å²) in [5.41, 5.74) is 4.34. The van der Waals surface area contributed by atoms with E-state index in [2.05, 4.69) is 20.3 Å². The lowest BCUT2D eigenvalue weighted by Gasteiger charge is -2.09. The normalized spacial score (nSPS) is 11.1. The first-order chi connectivity index (χ1) is 14.6. The fraction of sp³-hybridized carbons (Fsp3) is 0.0435. The first-order valence-corrected chi connectivity index (χ1v) is 9.70. The molecule has 6 nitrogen and oxygen atoms in total. The van der Waals surface area contributed by atoms with E-state index in [1.165, 1.54) is 0 Å². The molecule has 3 N–H and O–H groups in total. The molecule has 5 rings (SSSR count). The first kappa shape index (κ1) is 18.3. The lowest BCUT2D eigenvalue weighted by molar-refractivity contribution is 0.104. The topological polar surface area (TPSA) is 82.8 Å². The minimum absolute atomic E-state index is 0.0575. The number of aromatic nitrogens is 3. The average Bonchev–Trinajstić information content (AvgIpc) is 3.40. The number of H-pyrrole nitrogens is 2. The van der Waals surface area contributed by atoms with Crippen molar-refractivity contribution in [2.45, 2.75) is 0 Å². The Morgan fingerprint density at radius 1 is 1.03 bits per heavy atom. The number of methoxy groups -OCH3 is 1. The number of hydrogen-bond acceptors (Lipinski definition) is 4. The maximum Gasteiger partial charge on any atom is 0.195 e. The van der Waals surface area contributed by atoms with E-state index in [-0.39, 0.29) is 5.78 Å². The average molecular weight is 417 g/mol. The Labute approximate surface area is 176 Å². The van der Waals surface area contributed by atoms with Gasteiger partial charge < -0.3 is 20.0 Å². The SMILES string of the molecule is COc1ccc(Nc2cnc3[nH]cc(C(=O)c4cccc5[nH]ccc45)c3c2)cc1Cl. The van der Waals surface area contributed by atoms with Crippen LogP contribution in [0.5, 0.6) is 5.75 Å². The summed E-state index contributed by atoms with van der Waals surface area (Å²) >= 11 is 6.21. The number of pyridine rings is 1. The van der Waals surface area contributed by atoms with Crippen molar-refractivity contribution < 1.29 is 9.53 Å². The van der Waals surface area contributed by atoms with Crippen molar-refractivity contribution in [1.29, 1.82) is 0 Å². The highest BCUT2D eigenvalue weighted by molar-refractivity contribution is 6.32. The summed E-state index contributed by atoms with van der Waals surface area (Å²) in [7, 11) is 1.57. The number of nitrogens with zero attached hydrogens (tertiary/aromatic N) is 1. The van der Waals surface area contributed by atoms with Gasteiger partial charge in [0.2, 0.25) is 0 Å². The maximum absolute atomic E-state index is 13.3. The number of carbonyl (C=O) groups excluding carboxylic acids is 1. The van der Waals surface area contributed by atoms with Crippen LogP contribution >= 0.6 is 11.6 Å². The lowest BCUT2D eigenvalue weighted by Crippen LogP contribution is -2.01. The van der Waals surface area contributed by atoms with Crippen LogP contribution in [-0.2, 0) is 0 Å². The Balaban J connectivity index is 1.52. The molecule has 0 spiro atoms. The Kier molecular flexibility index (Phi) is 4.41. The van der Waals surface area contributed by atoms with E-state index in [1.807, 2.05) is 42.6 Å². The van der Waals surface area contributed by atoms with Crippen LogP contribution in [0, 0.1) is 0 Å². The molecule has 30 heavy (non-hydrogen) atoms. The van der Waals surface area contributed by atoms with Crippen LogP contribution in [0.1, 0.15) is 15.9 Å². The van der Waals surface area contributed by atoms with Crippen LogP contribution in [0.25, 0.3) is 21.9 Å². The molecule has 2 aromatic carbocycles. The number of benzene rings is 2. The van der Waals surface area contributed by atoms with Gasteiger partial charge in [0.25, 0.3) is 0 Å². The number of halogens is 1. The van der Waals surface area contributed by atoms with Crippen LogP contribution in [0.15, 0.2) is 67.1 Å². The predicted octanol–water partition coefficient (Wildman–Crippen LogP) is 5.68. The van der Waals surface area contributed by atoms with Gasteiger partial charge in [0.1, 0.15) is 11.4 Å². The molecule has 0 unspecified atom stereocenters. The number of carbonyl (C=O) groups is 1. The smallest absolute Gasteiger partial charge is 0.195 e. The summed E-state index contributed by atoms with van der Waals surface area (Å²) in [5.74, 6) is 0.547. The highest BCUT2D eigenvalue weighted by atomic mass is 35.5. The molecule has 0 aliphatic carbocycles. The van der Waals surface area contributed by atoms with Gasteiger partial charge in [-0.15, -0.1) is 0 Å². The van der Waals surface area contributed by atoms with Crippen molar-refractivity contribution in [3.63, 3.8) is 0 Å². The summed E-state index contributed by atoms with van der Waals surface area (Å²) in [6.07, 6.45) is 5.25. The van der Waals surface area contributed by atoms with E-state index < -0.39 is 0 Å². The fourth-order valence-corrected chi connectivity index (χ4v) is 3.86. The van der Waals surface area contributed by atoms with E-state index in [4.69, 9.17) is 16.3 Å². The molecule has 148 valence electrons. The van der Waals surface area contributed by atoms with Crippen molar-refractivity contribution in [2.24, 2.45) is 0 Å². The van der Waals surface area contributed by atoms with Gasteiger partial charge >= 0.3 is 0 Å². The molecule has 0 saturated carbocycles. The number of fused-ring (bicyclic) bond motifs is 2. The van der Waals surface area contributed by atoms with Gasteiger partial charge in [-0.2, -0.15) is 0 Å². The standard InChI is InChI=1S/C23H17ClN4O2/c1-30-21-6-5-13(10-19(21)24)28-14-9-17-18(12-27-23(17)26-11-14)22(29)16-3-2-4-20-15(16)7-8-25-20/h2-12,25,28H,1H3,(H,26,27). The number of aromatic amines is 2. The third-order valence-electron chi connectivity index (χ3n) is 5.06. The molecule has 7 heteroatoms. The second kappa shape index (κ2) is 7.24. The van der Waals surface area contributed by atoms with Crippen molar-refractivity contribution >= 4 is 50.7 Å². The summed E-state index contributed by atoms with van der Waals surface area (Å²) in [4.78, 5) is 24.0. The molecule has 3 aromatic heterocycles. The molecule has 0 bridgehead atoms. The van der Waals surface area contributed by atoms with E-state index in [0.29, 0.717) is 27.5 Å². The Morgan fingerprint density at radius 2 is 1.93 bits per heavy atom. The molecule has 5 aromatic rings. The highest BCUT2D eigenvalue weighted by Crippen LogP contribution is 2.30. The molecule has 3 heterocycles. The zero-order valence-corrected chi connectivity index (χ0v) is 16.7. The van der Waals surface area contributed by atoms with Crippen LogP contribution in [0.3, 0.4) is 0 Å². The van der Waals surface area contributed by atoms with Gasteiger partial charge in [-0.1, -0.05) is 23.7 Å². The highest BCUT2D eigenvalue weighted by Gasteiger charge is 2.18. The first-order valence-electron chi connectivity index (χ1n) is 9.32. The molecule has 0 fully saturated rings. The third-order valence-corrected chi connectivity index (χ3v) is 5.35. The van der Waals surface area contributed by atoms with E-state index in [1.54, 1.807) is 31.6 Å². The van der Waals surface area contributed by atoms with Crippen molar-refractivity contribution in [2.75, 3.05) is 12.4 Å². The van der Waals surface area contributed by atoms with Gasteiger partial charge in [0.15, 0.2) is 5.78 Å². The quantitative estimate of drug-likeness (QED) is 0.322. The van der Waals surface area contributed by atoms with Gasteiger partial charge in [0.05, 0.1) is 24.0 Å². The number of anilines is 2. The van der Waals surface area contributed by atoms with Crippen LogP contribution in [0.2, 0.25) is 5.02 Å². The van der Waals surface area contributed by atoms with Gasteiger partial charge in [-0.3, -0.25) is 4.79 Å². The molecule has 0 radical (unpaired) electrons. The summed E-state index contributed by atoms with van der Waals surface area (Å²) in [5, 5.41) is 5.43. The molecule has 0 aliphatic heterocycles. The van der Waals surface area contributed by atoms with Gasteiger partial charge in [-0.05, 0) is 36.4 Å². The zero-order valence-electron chi connectivity index (χ0n) is 16.0. The van der Waals surface area contributed by atoms with Crippen molar-refractivity contribution in [1.82, 2.24) is 15.0 Å². The second-order valence-electron chi connectivity index (χ2n) is 6.87. The van der Waals surface area contributed by atoms with Gasteiger partial charge in [0, 0.05) is 45.5 Å². The van der Waals surface area contributed by atoms with E-state index >= 15 is 0 Å². The Hall–Kier alpha value is -3.77. The van der Waals surface area contributed by atoms with Crippen molar-refractivity contribution in [3.05, 3.63) is 83.3 Å². The largest absolute Gasteiger partial charge is 0.495 e. The lowest BCUT2D eigenvalue weighted by atomic mass is 10.00. The van der Waals surface area contributed by atoms with Crippen LogP contribution in [-0.4, -0.2) is 27.8 Å². The number of hydrogen-bond donors (Lipinski definition) is 3. The molecule has 0 atom stereocenters. The summed E-state index contributed by atoms with van der Waals surface area (Å²) < 4.78 is 5.19. The molecular weight excluding hydrogens is 400 g/mol. The predicted molar refractivity (Wildman–Crippen MR) is 119 cm³/mol. The minimum atomic E-state index is -0.0575. The summed E-state index contributed by atoms with van der Waals surface area (Å²) in [6.45, 7) is 0. The Morgan fingerprint density at radius 3 is 2.77 bits per heavy atom. The molecule has 0 amide bonds. The van der Waals surface area contributed by atoms with E-state index in [9.17, 15) is 4.79 Å². The van der Waals surface area contributed by atoms with Crippen molar-refractivity contribution in [3.8, 4) is 5.75 Å². The number of rotatable bonds is 5. The number of ketones is 1.